The zero-order valence-electron chi connectivity index (χ0n) is 6.30. The van der Waals surface area contributed by atoms with Crippen LogP contribution in [0.1, 0.15) is 0 Å². The van der Waals surface area contributed by atoms with Crippen molar-refractivity contribution in [1.82, 2.24) is 6.15 Å². The van der Waals surface area contributed by atoms with E-state index in [1.165, 1.54) is 0 Å². The molecular weight excluding hydrogens is 341 g/mol. The summed E-state index contributed by atoms with van der Waals surface area (Å²) in [5.74, 6) is 0. The fourth-order valence-corrected chi connectivity index (χ4v) is 0. The molecule has 80 valence electrons. The van der Waals surface area contributed by atoms with Crippen LogP contribution in [0.15, 0.2) is 0 Å². The van der Waals surface area contributed by atoms with Gasteiger partial charge in [-0.3, -0.25) is 0 Å². The van der Waals surface area contributed by atoms with Gasteiger partial charge in [-0.05, 0) is 0 Å². The van der Waals surface area contributed by atoms with Crippen LogP contribution in [0.2, 0.25) is 0 Å². The molecule has 0 aromatic rings. The molecule has 0 aromatic carbocycles. The number of rotatable bonds is 0. The zero-order valence-corrected chi connectivity index (χ0v) is 10.0. The summed E-state index contributed by atoms with van der Waals surface area (Å²) in [6, 6.07) is 0. The first kappa shape index (κ1) is 29.3. The molecule has 0 heterocycles. The Labute approximate surface area is 108 Å². The van der Waals surface area contributed by atoms with Gasteiger partial charge in [0.2, 0.25) is 0 Å². The van der Waals surface area contributed by atoms with Crippen molar-refractivity contribution in [3.63, 3.8) is 0 Å². The van der Waals surface area contributed by atoms with E-state index in [1.54, 1.807) is 0 Å². The molecule has 0 atom stereocenters. The molecule has 0 unspecified atom stereocenters. The minimum atomic E-state index is -1.75. The first-order valence-corrected chi connectivity index (χ1v) is 1.64. The molecule has 0 aliphatic carbocycles. The van der Waals surface area contributed by atoms with Gasteiger partial charge in [0.1, 0.15) is 0 Å². The molecule has 3 N–H and O–H groups in total. The molecule has 0 aliphatic rings. The fourth-order valence-electron chi connectivity index (χ4n) is 0. The molecular formula is H3N4O9Pr. The first-order valence-electron chi connectivity index (χ1n) is 1.64. The molecule has 13 nitrogen and oxygen atoms in total. The van der Waals surface area contributed by atoms with Gasteiger partial charge >= 0.3 is 41.3 Å². The van der Waals surface area contributed by atoms with Crippen molar-refractivity contribution in [3.05, 3.63) is 46.0 Å². The van der Waals surface area contributed by atoms with Crippen LogP contribution < -0.4 is 6.15 Å². The van der Waals surface area contributed by atoms with Crippen LogP contribution in [-0.4, -0.2) is 15.3 Å². The summed E-state index contributed by atoms with van der Waals surface area (Å²) in [6.07, 6.45) is 0. The Balaban J connectivity index is -0.0000000270. The van der Waals surface area contributed by atoms with Crippen LogP contribution in [0, 0.1) is 87.3 Å². The van der Waals surface area contributed by atoms with E-state index in [-0.39, 0.29) is 47.4 Å². The Kier molecular flexibility index (Phi) is 47.4. The van der Waals surface area contributed by atoms with Gasteiger partial charge in [0, 0.05) is 0 Å². The van der Waals surface area contributed by atoms with Crippen molar-refractivity contribution in [2.45, 2.75) is 0 Å². The quantitative estimate of drug-likeness (QED) is 0.434. The van der Waals surface area contributed by atoms with Gasteiger partial charge in [-0.15, -0.1) is 0 Å². The van der Waals surface area contributed by atoms with Crippen molar-refractivity contribution in [1.29, 1.82) is 0 Å². The summed E-state index contributed by atoms with van der Waals surface area (Å²) >= 11 is 0. The standard InChI is InChI=1S/3NO3.H3N.Pr/c3*2-1(3)4;;/h;;;1H3;/q3*-1;;+3. The Bertz CT molecular complexity index is 114. The third kappa shape index (κ3) is 929. The molecule has 0 saturated carbocycles. The second-order valence-electron chi connectivity index (χ2n) is 0.671. The zero-order chi connectivity index (χ0) is 10.7. The monoisotopic (exact) mass is 344 g/mol. The topological polar surface area (TPSA) is 234 Å². The van der Waals surface area contributed by atoms with Crippen molar-refractivity contribution in [2.75, 3.05) is 0 Å². The van der Waals surface area contributed by atoms with Gasteiger partial charge in [0.15, 0.2) is 0 Å². The third-order valence-electron chi connectivity index (χ3n) is 0. The molecule has 0 amide bonds. The largest absolute Gasteiger partial charge is 3.00 e. The minimum Gasteiger partial charge on any atom is -0.356 e. The van der Waals surface area contributed by atoms with Crippen molar-refractivity contribution >= 4 is 0 Å². The summed E-state index contributed by atoms with van der Waals surface area (Å²) in [4.78, 5) is 24.8. The van der Waals surface area contributed by atoms with Crippen LogP contribution in [0.3, 0.4) is 0 Å². The molecule has 0 rings (SSSR count). The fraction of sp³-hybridized carbons (Fsp3) is 0. The predicted octanol–water partition coefficient (Wildman–Crippen LogP) is -0.555. The molecule has 14 heteroatoms. The molecule has 0 fully saturated rings. The van der Waals surface area contributed by atoms with Crippen molar-refractivity contribution in [3.8, 4) is 0 Å². The van der Waals surface area contributed by atoms with E-state index in [9.17, 15) is 0 Å². The van der Waals surface area contributed by atoms with Gasteiger partial charge in [-0.25, -0.2) is 0 Å². The van der Waals surface area contributed by atoms with Crippen LogP contribution in [0.25, 0.3) is 0 Å². The van der Waals surface area contributed by atoms with Crippen LogP contribution >= 0.6 is 0 Å². The van der Waals surface area contributed by atoms with Crippen molar-refractivity contribution in [2.24, 2.45) is 0 Å². The average molecular weight is 344 g/mol. The van der Waals surface area contributed by atoms with Crippen molar-refractivity contribution < 1.29 is 56.6 Å². The molecule has 0 aromatic heterocycles. The number of hydrogen-bond acceptors (Lipinski definition) is 10. The maximum Gasteiger partial charge on any atom is 3.00 e. The van der Waals surface area contributed by atoms with E-state index in [0.29, 0.717) is 0 Å². The first-order chi connectivity index (χ1) is 5.20. The molecule has 0 spiro atoms. The smallest absolute Gasteiger partial charge is 0.356 e. The Morgan fingerprint density at radius 3 is 0.571 bits per heavy atom. The SMILES string of the molecule is N.O=[N+]([O-])[O-].O=[N+]([O-])[O-].O=[N+]([O-])[O-].[Pr+3]. The summed E-state index contributed by atoms with van der Waals surface area (Å²) in [5.41, 5.74) is 0. The van der Waals surface area contributed by atoms with Gasteiger partial charge in [-0.2, -0.15) is 0 Å². The van der Waals surface area contributed by atoms with E-state index < -0.39 is 15.3 Å². The second-order valence-corrected chi connectivity index (χ2v) is 0.671. The van der Waals surface area contributed by atoms with Gasteiger partial charge in [0.05, 0.1) is 15.3 Å². The maximum atomic E-state index is 8.25. The molecule has 0 saturated heterocycles. The predicted molar refractivity (Wildman–Crippen MR) is 36.1 cm³/mol. The number of hydrogen-bond donors (Lipinski definition) is 1. The molecule has 0 aliphatic heterocycles. The Morgan fingerprint density at radius 1 is 0.571 bits per heavy atom. The minimum absolute atomic E-state index is 0. The normalized spacial score (nSPS) is 5.14. The third-order valence-corrected chi connectivity index (χ3v) is 0. The van der Waals surface area contributed by atoms with E-state index in [4.69, 9.17) is 46.0 Å². The molecule has 0 bridgehead atoms. The molecule has 0 radical (unpaired) electrons. The molecule has 14 heavy (non-hydrogen) atoms. The summed E-state index contributed by atoms with van der Waals surface area (Å²) in [7, 11) is 0. The van der Waals surface area contributed by atoms with Crippen LogP contribution in [-0.2, 0) is 0 Å². The van der Waals surface area contributed by atoms with E-state index in [2.05, 4.69) is 0 Å². The Morgan fingerprint density at radius 2 is 0.571 bits per heavy atom. The van der Waals surface area contributed by atoms with E-state index in [1.807, 2.05) is 0 Å². The maximum absolute atomic E-state index is 8.25. The summed E-state index contributed by atoms with van der Waals surface area (Å²) < 4.78 is 0. The van der Waals surface area contributed by atoms with Gasteiger partial charge in [-0.1, -0.05) is 0 Å². The summed E-state index contributed by atoms with van der Waals surface area (Å²) in [5, 5.41) is 44.2. The average Bonchev–Trinajstić information content (AvgIpc) is 1.54. The van der Waals surface area contributed by atoms with E-state index >= 15 is 0 Å². The van der Waals surface area contributed by atoms with Gasteiger partial charge < -0.3 is 52.1 Å². The van der Waals surface area contributed by atoms with Crippen LogP contribution in [0.4, 0.5) is 0 Å². The number of nitrogens with zero attached hydrogens (tertiary/aromatic N) is 3. The van der Waals surface area contributed by atoms with E-state index in [0.717, 1.165) is 0 Å². The Hall–Kier alpha value is -1.08. The van der Waals surface area contributed by atoms with Gasteiger partial charge in [0.25, 0.3) is 0 Å². The van der Waals surface area contributed by atoms with Crippen LogP contribution in [0.5, 0.6) is 0 Å². The summed E-state index contributed by atoms with van der Waals surface area (Å²) in [6.45, 7) is 0. The second kappa shape index (κ2) is 22.7.